The second-order valence-electron chi connectivity index (χ2n) is 4.66. The smallest absolute Gasteiger partial charge is 0.106 e. The zero-order chi connectivity index (χ0) is 9.90. The van der Waals surface area contributed by atoms with Crippen molar-refractivity contribution in [3.05, 3.63) is 0 Å². The lowest BCUT2D eigenvalue weighted by molar-refractivity contribution is -0.344. The SMILES string of the molecule is CCC1CCC(OO)(C(C)C)CC1. The van der Waals surface area contributed by atoms with Gasteiger partial charge in [0.2, 0.25) is 0 Å². The molecule has 0 saturated heterocycles. The minimum absolute atomic E-state index is 0.244. The molecule has 0 unspecified atom stereocenters. The van der Waals surface area contributed by atoms with E-state index < -0.39 is 0 Å². The molecular formula is C11H22O2. The van der Waals surface area contributed by atoms with Crippen molar-refractivity contribution in [3.63, 3.8) is 0 Å². The van der Waals surface area contributed by atoms with Crippen LogP contribution in [0.2, 0.25) is 0 Å². The van der Waals surface area contributed by atoms with Crippen LogP contribution in [0, 0.1) is 11.8 Å². The van der Waals surface area contributed by atoms with E-state index in [1.54, 1.807) is 0 Å². The van der Waals surface area contributed by atoms with Gasteiger partial charge < -0.3 is 0 Å². The van der Waals surface area contributed by atoms with Crippen LogP contribution in [0.4, 0.5) is 0 Å². The van der Waals surface area contributed by atoms with Gasteiger partial charge in [-0.3, -0.25) is 5.26 Å². The molecule has 0 bridgehead atoms. The third kappa shape index (κ3) is 2.23. The first-order chi connectivity index (χ1) is 6.14. The fourth-order valence-corrected chi connectivity index (χ4v) is 2.35. The summed E-state index contributed by atoms with van der Waals surface area (Å²) >= 11 is 0. The Balaban J connectivity index is 2.53. The monoisotopic (exact) mass is 186 g/mol. The summed E-state index contributed by atoms with van der Waals surface area (Å²) in [5.41, 5.74) is -0.244. The molecule has 0 aliphatic heterocycles. The van der Waals surface area contributed by atoms with Crippen LogP contribution in [-0.2, 0) is 4.89 Å². The molecule has 0 aromatic heterocycles. The van der Waals surface area contributed by atoms with Crippen molar-refractivity contribution < 1.29 is 10.1 Å². The molecule has 78 valence electrons. The molecule has 0 aromatic carbocycles. The molecule has 1 aliphatic carbocycles. The maximum Gasteiger partial charge on any atom is 0.106 e. The molecule has 1 N–H and O–H groups in total. The molecule has 1 saturated carbocycles. The summed E-state index contributed by atoms with van der Waals surface area (Å²) in [4.78, 5) is 4.73. The molecule has 2 heteroatoms. The molecular weight excluding hydrogens is 164 g/mol. The van der Waals surface area contributed by atoms with E-state index in [1.165, 1.54) is 19.3 Å². The fraction of sp³-hybridized carbons (Fsp3) is 1.00. The van der Waals surface area contributed by atoms with E-state index in [4.69, 9.17) is 10.1 Å². The van der Waals surface area contributed by atoms with Gasteiger partial charge in [-0.1, -0.05) is 27.2 Å². The molecule has 0 aromatic rings. The van der Waals surface area contributed by atoms with Gasteiger partial charge in [-0.05, 0) is 37.5 Å². The lowest BCUT2D eigenvalue weighted by Gasteiger charge is -2.40. The molecule has 2 nitrogen and oxygen atoms in total. The Labute approximate surface area is 81.2 Å². The van der Waals surface area contributed by atoms with Crippen LogP contribution in [0.25, 0.3) is 0 Å². The van der Waals surface area contributed by atoms with Crippen molar-refractivity contribution >= 4 is 0 Å². The molecule has 0 radical (unpaired) electrons. The van der Waals surface area contributed by atoms with Gasteiger partial charge >= 0.3 is 0 Å². The predicted molar refractivity (Wildman–Crippen MR) is 53.5 cm³/mol. The van der Waals surface area contributed by atoms with E-state index in [1.807, 2.05) is 0 Å². The molecule has 1 aliphatic rings. The average Bonchev–Trinajstić information content (AvgIpc) is 2.17. The van der Waals surface area contributed by atoms with Crippen molar-refractivity contribution in [2.45, 2.75) is 58.5 Å². The van der Waals surface area contributed by atoms with Crippen molar-refractivity contribution in [2.75, 3.05) is 0 Å². The summed E-state index contributed by atoms with van der Waals surface area (Å²) < 4.78 is 0. The predicted octanol–water partition coefficient (Wildman–Crippen LogP) is 3.47. The quantitative estimate of drug-likeness (QED) is 0.540. The third-order valence-corrected chi connectivity index (χ3v) is 3.76. The van der Waals surface area contributed by atoms with Gasteiger partial charge in [0, 0.05) is 0 Å². The summed E-state index contributed by atoms with van der Waals surface area (Å²) in [6, 6.07) is 0. The van der Waals surface area contributed by atoms with Gasteiger partial charge in [0.05, 0.1) is 0 Å². The van der Waals surface area contributed by atoms with Crippen LogP contribution >= 0.6 is 0 Å². The zero-order valence-electron chi connectivity index (χ0n) is 9.05. The van der Waals surface area contributed by atoms with Crippen LogP contribution in [0.1, 0.15) is 52.9 Å². The molecule has 13 heavy (non-hydrogen) atoms. The van der Waals surface area contributed by atoms with Gasteiger partial charge in [-0.15, -0.1) is 0 Å². The Morgan fingerprint density at radius 2 is 1.92 bits per heavy atom. The van der Waals surface area contributed by atoms with Crippen LogP contribution in [0.5, 0.6) is 0 Å². The maximum absolute atomic E-state index is 8.97. The lowest BCUT2D eigenvalue weighted by atomic mass is 9.72. The molecule has 0 amide bonds. The Morgan fingerprint density at radius 1 is 1.38 bits per heavy atom. The standard InChI is InChI=1S/C11H22O2/c1-4-10-5-7-11(13-12,8-6-10)9(2)3/h9-10,12H,4-8H2,1-3H3. The highest BCUT2D eigenvalue weighted by Crippen LogP contribution is 2.40. The summed E-state index contributed by atoms with van der Waals surface area (Å²) in [6.45, 7) is 6.50. The Hall–Kier alpha value is -0.0800. The average molecular weight is 186 g/mol. The summed E-state index contributed by atoms with van der Waals surface area (Å²) in [6.07, 6.45) is 5.70. The Kier molecular flexibility index (Phi) is 3.74. The first kappa shape index (κ1) is 11.0. The van der Waals surface area contributed by atoms with Gasteiger partial charge in [0.25, 0.3) is 0 Å². The summed E-state index contributed by atoms with van der Waals surface area (Å²) in [5, 5.41) is 8.97. The number of rotatable bonds is 3. The minimum atomic E-state index is -0.244. The normalized spacial score (nSPS) is 35.3. The van der Waals surface area contributed by atoms with Gasteiger partial charge in [0.1, 0.15) is 5.60 Å². The van der Waals surface area contributed by atoms with Crippen molar-refractivity contribution in [3.8, 4) is 0 Å². The molecule has 0 atom stereocenters. The van der Waals surface area contributed by atoms with E-state index in [2.05, 4.69) is 20.8 Å². The first-order valence-corrected chi connectivity index (χ1v) is 5.47. The number of hydrogen-bond acceptors (Lipinski definition) is 2. The maximum atomic E-state index is 8.97. The Bertz CT molecular complexity index is 146. The highest BCUT2D eigenvalue weighted by molar-refractivity contribution is 4.88. The van der Waals surface area contributed by atoms with Gasteiger partial charge in [-0.2, -0.15) is 0 Å². The fourth-order valence-electron chi connectivity index (χ4n) is 2.35. The van der Waals surface area contributed by atoms with Crippen LogP contribution in [-0.4, -0.2) is 10.9 Å². The highest BCUT2D eigenvalue weighted by atomic mass is 17.1. The van der Waals surface area contributed by atoms with Crippen molar-refractivity contribution in [2.24, 2.45) is 11.8 Å². The molecule has 0 heterocycles. The zero-order valence-corrected chi connectivity index (χ0v) is 9.05. The second kappa shape index (κ2) is 4.43. The first-order valence-electron chi connectivity index (χ1n) is 5.47. The topological polar surface area (TPSA) is 29.5 Å². The van der Waals surface area contributed by atoms with E-state index in [9.17, 15) is 0 Å². The molecule has 0 spiro atoms. The largest absolute Gasteiger partial charge is 0.251 e. The van der Waals surface area contributed by atoms with E-state index in [0.29, 0.717) is 5.92 Å². The van der Waals surface area contributed by atoms with Gasteiger partial charge in [-0.25, -0.2) is 4.89 Å². The summed E-state index contributed by atoms with van der Waals surface area (Å²) in [5.74, 6) is 1.26. The molecule has 1 fully saturated rings. The Morgan fingerprint density at radius 3 is 2.23 bits per heavy atom. The number of hydrogen-bond donors (Lipinski definition) is 1. The third-order valence-electron chi connectivity index (χ3n) is 3.76. The second-order valence-corrected chi connectivity index (χ2v) is 4.66. The lowest BCUT2D eigenvalue weighted by Crippen LogP contribution is -2.41. The minimum Gasteiger partial charge on any atom is -0.251 e. The van der Waals surface area contributed by atoms with Crippen LogP contribution < -0.4 is 0 Å². The van der Waals surface area contributed by atoms with Crippen molar-refractivity contribution in [1.29, 1.82) is 0 Å². The van der Waals surface area contributed by atoms with Crippen LogP contribution in [0.15, 0.2) is 0 Å². The van der Waals surface area contributed by atoms with E-state index in [-0.39, 0.29) is 5.60 Å². The summed E-state index contributed by atoms with van der Waals surface area (Å²) in [7, 11) is 0. The highest BCUT2D eigenvalue weighted by Gasteiger charge is 2.39. The van der Waals surface area contributed by atoms with E-state index in [0.717, 1.165) is 18.8 Å². The molecule has 1 rings (SSSR count). The van der Waals surface area contributed by atoms with Crippen molar-refractivity contribution in [1.82, 2.24) is 0 Å². The van der Waals surface area contributed by atoms with E-state index >= 15 is 0 Å². The van der Waals surface area contributed by atoms with Gasteiger partial charge in [0.15, 0.2) is 0 Å². The van der Waals surface area contributed by atoms with Crippen LogP contribution in [0.3, 0.4) is 0 Å².